The van der Waals surface area contributed by atoms with E-state index in [0.717, 1.165) is 6.42 Å². The molecule has 5 heteroatoms. The zero-order chi connectivity index (χ0) is 15.3. The quantitative estimate of drug-likeness (QED) is 0.619. The Morgan fingerprint density at radius 2 is 1.71 bits per heavy atom. The van der Waals surface area contributed by atoms with Crippen molar-refractivity contribution >= 4 is 17.7 Å². The molecule has 1 saturated heterocycles. The minimum absolute atomic E-state index is 0.0302. The predicted octanol–water partition coefficient (Wildman–Crippen LogP) is 0.954. The molecular formula is C16H22N2O3. The van der Waals surface area contributed by atoms with Crippen LogP contribution < -0.4 is 5.32 Å². The van der Waals surface area contributed by atoms with Crippen LogP contribution in [0.4, 0.5) is 0 Å². The van der Waals surface area contributed by atoms with Gasteiger partial charge in [-0.1, -0.05) is 26.0 Å². The van der Waals surface area contributed by atoms with Crippen LogP contribution in [0.15, 0.2) is 12.2 Å². The van der Waals surface area contributed by atoms with Crippen molar-refractivity contribution in [1.82, 2.24) is 10.2 Å². The largest absolute Gasteiger partial charge is 0.352 e. The second kappa shape index (κ2) is 4.97. The van der Waals surface area contributed by atoms with Crippen molar-refractivity contribution in [3.63, 3.8) is 0 Å². The normalized spacial score (nSPS) is 34.8. The molecule has 0 unspecified atom stereocenters. The van der Waals surface area contributed by atoms with E-state index in [2.05, 4.69) is 17.5 Å². The molecule has 2 bridgehead atoms. The number of likely N-dealkylation sites (tertiary alicyclic amines) is 1. The average molecular weight is 290 g/mol. The van der Waals surface area contributed by atoms with Crippen molar-refractivity contribution < 1.29 is 14.4 Å². The molecule has 3 aliphatic rings. The Balaban J connectivity index is 1.67. The molecule has 114 valence electrons. The monoisotopic (exact) mass is 290 g/mol. The molecule has 0 radical (unpaired) electrons. The summed E-state index contributed by atoms with van der Waals surface area (Å²) >= 11 is 0. The Morgan fingerprint density at radius 1 is 1.19 bits per heavy atom. The molecule has 2 fully saturated rings. The number of nitrogens with zero attached hydrogens (tertiary/aromatic N) is 1. The van der Waals surface area contributed by atoms with Crippen LogP contribution in [0.5, 0.6) is 0 Å². The predicted molar refractivity (Wildman–Crippen MR) is 76.9 cm³/mol. The number of hydrogen-bond acceptors (Lipinski definition) is 3. The molecule has 0 aromatic heterocycles. The molecule has 1 saturated carbocycles. The van der Waals surface area contributed by atoms with Gasteiger partial charge < -0.3 is 5.32 Å². The van der Waals surface area contributed by atoms with Crippen molar-refractivity contribution in [3.8, 4) is 0 Å². The summed E-state index contributed by atoms with van der Waals surface area (Å²) in [5.74, 6) is -0.302. The smallest absolute Gasteiger partial charge is 0.240 e. The van der Waals surface area contributed by atoms with Gasteiger partial charge in [-0.3, -0.25) is 19.3 Å². The summed E-state index contributed by atoms with van der Waals surface area (Å²) < 4.78 is 0. The maximum absolute atomic E-state index is 12.4. The van der Waals surface area contributed by atoms with E-state index in [0.29, 0.717) is 5.92 Å². The third-order valence-electron chi connectivity index (χ3n) is 5.25. The van der Waals surface area contributed by atoms with Crippen molar-refractivity contribution in [2.24, 2.45) is 29.6 Å². The van der Waals surface area contributed by atoms with Crippen LogP contribution in [0.25, 0.3) is 0 Å². The van der Waals surface area contributed by atoms with Crippen molar-refractivity contribution in [1.29, 1.82) is 0 Å². The standard InChI is InChI=1S/C16H22N2O3/c1-8(2)9(3)17-12(19)7-18-15(20)13-10-4-5-11(6-10)14(13)16(18)21/h4-5,8-11,13-14H,6-7H2,1-3H3,(H,17,19)/t9-,10-,11-,13-,14-/m0/s1. The first-order valence-electron chi connectivity index (χ1n) is 7.73. The summed E-state index contributed by atoms with van der Waals surface area (Å²) in [7, 11) is 0. The lowest BCUT2D eigenvalue weighted by Crippen LogP contribution is -2.45. The van der Waals surface area contributed by atoms with Gasteiger partial charge >= 0.3 is 0 Å². The number of amides is 3. The number of carbonyl (C=O) groups is 3. The lowest BCUT2D eigenvalue weighted by atomic mass is 9.85. The van der Waals surface area contributed by atoms with Crippen LogP contribution in [0.2, 0.25) is 0 Å². The highest BCUT2D eigenvalue weighted by atomic mass is 16.2. The SMILES string of the molecule is CC(C)[C@H](C)NC(=O)CN1C(=O)[C@@H]2[C@@H](C1=O)[C@H]1C=C[C@H]2C1. The third kappa shape index (κ3) is 2.19. The van der Waals surface area contributed by atoms with Gasteiger partial charge in [0.15, 0.2) is 0 Å². The van der Waals surface area contributed by atoms with Gasteiger partial charge in [-0.15, -0.1) is 0 Å². The van der Waals surface area contributed by atoms with Crippen LogP contribution in [0, 0.1) is 29.6 Å². The van der Waals surface area contributed by atoms with Gasteiger partial charge in [-0.05, 0) is 31.1 Å². The first-order valence-corrected chi connectivity index (χ1v) is 7.73. The van der Waals surface area contributed by atoms with Crippen LogP contribution in [0.1, 0.15) is 27.2 Å². The third-order valence-corrected chi connectivity index (χ3v) is 5.25. The summed E-state index contributed by atoms with van der Waals surface area (Å²) in [5, 5.41) is 2.85. The number of fused-ring (bicyclic) bond motifs is 5. The van der Waals surface area contributed by atoms with Gasteiger partial charge in [0.25, 0.3) is 0 Å². The Morgan fingerprint density at radius 3 is 2.19 bits per heavy atom. The van der Waals surface area contributed by atoms with Gasteiger partial charge in [0.2, 0.25) is 17.7 Å². The minimum atomic E-state index is -0.252. The molecule has 0 aromatic carbocycles. The van der Waals surface area contributed by atoms with Crippen LogP contribution in [0.3, 0.4) is 0 Å². The fourth-order valence-electron chi connectivity index (χ4n) is 3.73. The summed E-state index contributed by atoms with van der Waals surface area (Å²) in [6.07, 6.45) is 5.03. The molecule has 3 rings (SSSR count). The zero-order valence-corrected chi connectivity index (χ0v) is 12.7. The van der Waals surface area contributed by atoms with E-state index < -0.39 is 0 Å². The summed E-state index contributed by atoms with van der Waals surface area (Å²) in [5.41, 5.74) is 0. The zero-order valence-electron chi connectivity index (χ0n) is 12.7. The summed E-state index contributed by atoms with van der Waals surface area (Å²) in [6, 6.07) is 0.0302. The summed E-state index contributed by atoms with van der Waals surface area (Å²) in [6.45, 7) is 5.83. The molecule has 21 heavy (non-hydrogen) atoms. The van der Waals surface area contributed by atoms with E-state index in [1.165, 1.54) is 4.90 Å². The number of hydrogen-bond donors (Lipinski definition) is 1. The number of allylic oxidation sites excluding steroid dienone is 2. The highest BCUT2D eigenvalue weighted by Gasteiger charge is 2.59. The van der Waals surface area contributed by atoms with Gasteiger partial charge in [0.1, 0.15) is 6.54 Å². The van der Waals surface area contributed by atoms with E-state index in [1.807, 2.05) is 20.8 Å². The van der Waals surface area contributed by atoms with E-state index in [4.69, 9.17) is 0 Å². The number of rotatable bonds is 4. The Bertz CT molecular complexity index is 496. The van der Waals surface area contributed by atoms with E-state index in [9.17, 15) is 14.4 Å². The van der Waals surface area contributed by atoms with Gasteiger partial charge in [-0.25, -0.2) is 0 Å². The van der Waals surface area contributed by atoms with E-state index in [-0.39, 0.29) is 54.0 Å². The average Bonchev–Trinajstić information content (AvgIpc) is 3.08. The van der Waals surface area contributed by atoms with Crippen LogP contribution in [-0.4, -0.2) is 35.2 Å². The molecular weight excluding hydrogens is 268 g/mol. The molecule has 5 atom stereocenters. The second-order valence-corrected chi connectivity index (χ2v) is 6.86. The number of imide groups is 1. The topological polar surface area (TPSA) is 66.5 Å². The Hall–Kier alpha value is -1.65. The number of carbonyl (C=O) groups excluding carboxylic acids is 3. The van der Waals surface area contributed by atoms with Crippen molar-refractivity contribution in [2.45, 2.75) is 33.2 Å². The fourth-order valence-corrected chi connectivity index (χ4v) is 3.73. The molecule has 1 N–H and O–H groups in total. The molecule has 1 aliphatic heterocycles. The molecule has 2 aliphatic carbocycles. The van der Waals surface area contributed by atoms with Gasteiger partial charge in [0, 0.05) is 6.04 Å². The van der Waals surface area contributed by atoms with Gasteiger partial charge in [0.05, 0.1) is 11.8 Å². The Kier molecular flexibility index (Phi) is 3.38. The number of nitrogens with one attached hydrogen (secondary N) is 1. The Labute approximate surface area is 124 Å². The first kappa shape index (κ1) is 14.3. The lowest BCUT2D eigenvalue weighted by Gasteiger charge is -2.21. The highest BCUT2D eigenvalue weighted by Crippen LogP contribution is 2.52. The van der Waals surface area contributed by atoms with Gasteiger partial charge in [-0.2, -0.15) is 0 Å². The van der Waals surface area contributed by atoms with Crippen LogP contribution >= 0.6 is 0 Å². The lowest BCUT2D eigenvalue weighted by molar-refractivity contribution is -0.144. The molecule has 0 aromatic rings. The van der Waals surface area contributed by atoms with Crippen LogP contribution in [-0.2, 0) is 14.4 Å². The van der Waals surface area contributed by atoms with Crippen molar-refractivity contribution in [2.75, 3.05) is 6.54 Å². The second-order valence-electron chi connectivity index (χ2n) is 6.86. The highest BCUT2D eigenvalue weighted by molar-refractivity contribution is 6.08. The maximum atomic E-state index is 12.4. The summed E-state index contributed by atoms with van der Waals surface area (Å²) in [4.78, 5) is 38.1. The fraction of sp³-hybridized carbons (Fsp3) is 0.688. The minimum Gasteiger partial charge on any atom is -0.352 e. The molecule has 3 amide bonds. The van der Waals surface area contributed by atoms with Crippen molar-refractivity contribution in [3.05, 3.63) is 12.2 Å². The molecule has 0 spiro atoms. The molecule has 5 nitrogen and oxygen atoms in total. The maximum Gasteiger partial charge on any atom is 0.240 e. The molecule has 1 heterocycles. The van der Waals surface area contributed by atoms with E-state index in [1.54, 1.807) is 0 Å². The van der Waals surface area contributed by atoms with E-state index >= 15 is 0 Å². The first-order chi connectivity index (χ1) is 9.90.